The maximum atomic E-state index is 12.7. The van der Waals surface area contributed by atoms with Crippen molar-refractivity contribution in [3.8, 4) is 11.5 Å². The predicted octanol–water partition coefficient (Wildman–Crippen LogP) is 3.97. The van der Waals surface area contributed by atoms with Crippen molar-refractivity contribution >= 4 is 5.91 Å². The second-order valence-corrected chi connectivity index (χ2v) is 5.41. The first-order valence-electron chi connectivity index (χ1n) is 7.83. The minimum Gasteiger partial charge on any atom is -0.457 e. The Labute approximate surface area is 143 Å². The quantitative estimate of drug-likeness (QED) is 0.741. The van der Waals surface area contributed by atoms with E-state index in [9.17, 15) is 18.0 Å². The molecule has 0 aromatic heterocycles. The Kier molecular flexibility index (Phi) is 6.41. The Morgan fingerprint density at radius 1 is 1.04 bits per heavy atom. The molecule has 0 aliphatic heterocycles. The van der Waals surface area contributed by atoms with Crippen molar-refractivity contribution in [1.29, 1.82) is 0 Å². The van der Waals surface area contributed by atoms with Crippen molar-refractivity contribution in [2.75, 3.05) is 13.1 Å². The van der Waals surface area contributed by atoms with E-state index in [1.165, 1.54) is 18.2 Å². The number of amides is 1. The SMILES string of the molecule is NCCCCNC(=O)c1cccc(Oc2cccc(C(F)(F)F)c2)c1. The summed E-state index contributed by atoms with van der Waals surface area (Å²) in [7, 11) is 0. The molecule has 0 unspecified atom stereocenters. The lowest BCUT2D eigenvalue weighted by Crippen LogP contribution is -2.24. The fourth-order valence-electron chi connectivity index (χ4n) is 2.15. The van der Waals surface area contributed by atoms with Crippen LogP contribution in [0.15, 0.2) is 48.5 Å². The zero-order chi connectivity index (χ0) is 18.3. The number of hydrogen-bond acceptors (Lipinski definition) is 3. The van der Waals surface area contributed by atoms with Gasteiger partial charge in [-0.05, 0) is 55.8 Å². The lowest BCUT2D eigenvalue weighted by atomic mass is 10.2. The zero-order valence-corrected chi connectivity index (χ0v) is 13.5. The Morgan fingerprint density at radius 2 is 1.72 bits per heavy atom. The molecule has 3 N–H and O–H groups in total. The van der Waals surface area contributed by atoms with Gasteiger partial charge in [0.05, 0.1) is 5.56 Å². The van der Waals surface area contributed by atoms with Crippen molar-refractivity contribution in [1.82, 2.24) is 5.32 Å². The van der Waals surface area contributed by atoms with E-state index < -0.39 is 11.7 Å². The second kappa shape index (κ2) is 8.53. The highest BCUT2D eigenvalue weighted by molar-refractivity contribution is 5.94. The largest absolute Gasteiger partial charge is 0.457 e. The molecular weight excluding hydrogens is 333 g/mol. The molecule has 134 valence electrons. The molecule has 0 saturated heterocycles. The first-order valence-corrected chi connectivity index (χ1v) is 7.83. The molecule has 0 heterocycles. The summed E-state index contributed by atoms with van der Waals surface area (Å²) in [5.41, 5.74) is 4.97. The third-order valence-electron chi connectivity index (χ3n) is 3.41. The summed E-state index contributed by atoms with van der Waals surface area (Å²) in [6.07, 6.45) is -2.84. The monoisotopic (exact) mass is 352 g/mol. The number of ether oxygens (including phenoxy) is 1. The average Bonchev–Trinajstić information content (AvgIpc) is 2.58. The molecule has 0 aliphatic carbocycles. The minimum atomic E-state index is -4.44. The molecular formula is C18H19F3N2O2. The summed E-state index contributed by atoms with van der Waals surface area (Å²) in [4.78, 5) is 12.1. The Hall–Kier alpha value is -2.54. The third-order valence-corrected chi connectivity index (χ3v) is 3.41. The number of carbonyl (C=O) groups is 1. The maximum Gasteiger partial charge on any atom is 0.416 e. The number of alkyl halides is 3. The van der Waals surface area contributed by atoms with Crippen LogP contribution in [0.2, 0.25) is 0 Å². The van der Waals surface area contributed by atoms with Gasteiger partial charge in [-0.3, -0.25) is 4.79 Å². The summed E-state index contributed by atoms with van der Waals surface area (Å²) < 4.78 is 43.7. The Bertz CT molecular complexity index is 717. The van der Waals surface area contributed by atoms with E-state index in [1.54, 1.807) is 18.2 Å². The molecule has 0 saturated carbocycles. The van der Waals surface area contributed by atoms with Gasteiger partial charge in [0, 0.05) is 12.1 Å². The number of benzene rings is 2. The number of unbranched alkanes of at least 4 members (excludes halogenated alkanes) is 1. The number of nitrogens with one attached hydrogen (secondary N) is 1. The van der Waals surface area contributed by atoms with Gasteiger partial charge in [-0.2, -0.15) is 13.2 Å². The van der Waals surface area contributed by atoms with Crippen molar-refractivity contribution in [2.45, 2.75) is 19.0 Å². The van der Waals surface area contributed by atoms with E-state index in [-0.39, 0.29) is 17.4 Å². The molecule has 2 rings (SSSR count). The number of rotatable bonds is 7. The molecule has 0 spiro atoms. The van der Waals surface area contributed by atoms with Gasteiger partial charge in [-0.1, -0.05) is 12.1 Å². The summed E-state index contributed by atoms with van der Waals surface area (Å²) in [5.74, 6) is 0.0655. The molecule has 4 nitrogen and oxygen atoms in total. The highest BCUT2D eigenvalue weighted by Gasteiger charge is 2.30. The highest BCUT2D eigenvalue weighted by atomic mass is 19.4. The van der Waals surface area contributed by atoms with Crippen LogP contribution in [0.25, 0.3) is 0 Å². The van der Waals surface area contributed by atoms with Crippen LogP contribution in [-0.4, -0.2) is 19.0 Å². The van der Waals surface area contributed by atoms with E-state index >= 15 is 0 Å². The molecule has 1 amide bonds. The van der Waals surface area contributed by atoms with Crippen molar-refractivity contribution < 1.29 is 22.7 Å². The lowest BCUT2D eigenvalue weighted by molar-refractivity contribution is -0.137. The van der Waals surface area contributed by atoms with Crippen LogP contribution in [0.5, 0.6) is 11.5 Å². The van der Waals surface area contributed by atoms with Gasteiger partial charge in [-0.15, -0.1) is 0 Å². The summed E-state index contributed by atoms with van der Waals surface area (Å²) in [5, 5.41) is 2.76. The summed E-state index contributed by atoms with van der Waals surface area (Å²) >= 11 is 0. The maximum absolute atomic E-state index is 12.7. The predicted molar refractivity (Wildman–Crippen MR) is 88.6 cm³/mol. The molecule has 2 aromatic rings. The van der Waals surface area contributed by atoms with Gasteiger partial charge in [-0.25, -0.2) is 0 Å². The van der Waals surface area contributed by atoms with Crippen LogP contribution in [0.4, 0.5) is 13.2 Å². The topological polar surface area (TPSA) is 64.3 Å². The van der Waals surface area contributed by atoms with Gasteiger partial charge in [0.2, 0.25) is 0 Å². The van der Waals surface area contributed by atoms with E-state index in [4.69, 9.17) is 10.5 Å². The number of hydrogen-bond donors (Lipinski definition) is 2. The fraction of sp³-hybridized carbons (Fsp3) is 0.278. The Balaban J connectivity index is 2.05. The zero-order valence-electron chi connectivity index (χ0n) is 13.5. The minimum absolute atomic E-state index is 0.0512. The molecule has 0 bridgehead atoms. The van der Waals surface area contributed by atoms with Gasteiger partial charge < -0.3 is 15.8 Å². The summed E-state index contributed by atoms with van der Waals surface area (Å²) in [6.45, 7) is 1.07. The third kappa shape index (κ3) is 5.79. The smallest absolute Gasteiger partial charge is 0.416 e. The van der Waals surface area contributed by atoms with E-state index in [1.807, 2.05) is 0 Å². The highest BCUT2D eigenvalue weighted by Crippen LogP contribution is 2.32. The second-order valence-electron chi connectivity index (χ2n) is 5.41. The van der Waals surface area contributed by atoms with Crippen LogP contribution < -0.4 is 15.8 Å². The fourth-order valence-corrected chi connectivity index (χ4v) is 2.15. The average molecular weight is 352 g/mol. The summed E-state index contributed by atoms with van der Waals surface area (Å²) in [6, 6.07) is 10.9. The van der Waals surface area contributed by atoms with Gasteiger partial charge >= 0.3 is 6.18 Å². The first-order chi connectivity index (χ1) is 11.9. The van der Waals surface area contributed by atoms with Gasteiger partial charge in [0.25, 0.3) is 5.91 Å². The normalized spacial score (nSPS) is 11.2. The Morgan fingerprint density at radius 3 is 2.40 bits per heavy atom. The van der Waals surface area contributed by atoms with Crippen LogP contribution >= 0.6 is 0 Å². The lowest BCUT2D eigenvalue weighted by Gasteiger charge is -2.11. The van der Waals surface area contributed by atoms with Crippen molar-refractivity contribution in [3.05, 3.63) is 59.7 Å². The first kappa shape index (κ1) is 18.8. The van der Waals surface area contributed by atoms with E-state index in [0.717, 1.165) is 25.0 Å². The molecule has 0 fully saturated rings. The van der Waals surface area contributed by atoms with Gasteiger partial charge in [0.1, 0.15) is 11.5 Å². The van der Waals surface area contributed by atoms with Crippen LogP contribution in [0.1, 0.15) is 28.8 Å². The van der Waals surface area contributed by atoms with Crippen molar-refractivity contribution in [3.63, 3.8) is 0 Å². The molecule has 0 aliphatic rings. The van der Waals surface area contributed by atoms with Crippen molar-refractivity contribution in [2.24, 2.45) is 5.73 Å². The van der Waals surface area contributed by atoms with Crippen LogP contribution in [0, 0.1) is 0 Å². The van der Waals surface area contributed by atoms with E-state index in [2.05, 4.69) is 5.32 Å². The molecule has 2 aromatic carbocycles. The van der Waals surface area contributed by atoms with Crippen LogP contribution in [-0.2, 0) is 6.18 Å². The molecule has 0 atom stereocenters. The number of halogens is 3. The number of nitrogens with two attached hydrogens (primary N) is 1. The molecule has 0 radical (unpaired) electrons. The van der Waals surface area contributed by atoms with Crippen LogP contribution in [0.3, 0.4) is 0 Å². The van der Waals surface area contributed by atoms with E-state index in [0.29, 0.717) is 18.7 Å². The number of carbonyl (C=O) groups excluding carboxylic acids is 1. The molecule has 25 heavy (non-hydrogen) atoms. The van der Waals surface area contributed by atoms with Gasteiger partial charge in [0.15, 0.2) is 0 Å². The molecule has 7 heteroatoms. The standard InChI is InChI=1S/C18H19F3N2O2/c19-18(20,21)14-6-4-8-16(12-14)25-15-7-3-5-13(11-15)17(24)23-10-2-1-9-22/h3-8,11-12H,1-2,9-10,22H2,(H,23,24).